The minimum Gasteiger partial charge on any atom is -0.345 e. The first-order chi connectivity index (χ1) is 16.2. The summed E-state index contributed by atoms with van der Waals surface area (Å²) >= 11 is 8.14. The zero-order valence-corrected chi connectivity index (χ0v) is 21.1. The molecule has 4 heterocycles. The summed E-state index contributed by atoms with van der Waals surface area (Å²) in [7, 11) is -3.82. The lowest BCUT2D eigenvalue weighted by Crippen LogP contribution is -2.57. The van der Waals surface area contributed by atoms with E-state index in [0.29, 0.717) is 59.7 Å². The second-order valence-electron chi connectivity index (χ2n) is 8.23. The SMILES string of the molecule is O=C(C1CCCCN1S(=O)(=O)c1ccc(Cl)s1)N1CCN(c2nc3c(F)cc(F)cc3s2)CC1. The van der Waals surface area contributed by atoms with Crippen molar-refractivity contribution in [3.05, 3.63) is 40.2 Å². The number of nitrogens with zero attached hydrogens (tertiary/aromatic N) is 4. The Balaban J connectivity index is 1.29. The summed E-state index contributed by atoms with van der Waals surface area (Å²) < 4.78 is 56.2. The molecule has 0 aliphatic carbocycles. The maximum atomic E-state index is 14.0. The number of piperazine rings is 1. The van der Waals surface area contributed by atoms with E-state index >= 15 is 0 Å². The Morgan fingerprint density at radius 2 is 1.82 bits per heavy atom. The highest BCUT2D eigenvalue weighted by Crippen LogP contribution is 2.34. The zero-order valence-electron chi connectivity index (χ0n) is 17.9. The van der Waals surface area contributed by atoms with E-state index in [2.05, 4.69) is 4.98 Å². The second-order valence-corrected chi connectivity index (χ2v) is 13.1. The fourth-order valence-corrected chi connectivity index (χ4v) is 8.72. The highest BCUT2D eigenvalue weighted by molar-refractivity contribution is 7.91. The number of carbonyl (C=O) groups is 1. The molecule has 1 aromatic carbocycles. The largest absolute Gasteiger partial charge is 0.345 e. The average molecular weight is 547 g/mol. The molecule has 1 atom stereocenters. The van der Waals surface area contributed by atoms with Crippen LogP contribution in [0.3, 0.4) is 0 Å². The predicted molar refractivity (Wildman–Crippen MR) is 129 cm³/mol. The van der Waals surface area contributed by atoms with Gasteiger partial charge in [0.25, 0.3) is 10.0 Å². The van der Waals surface area contributed by atoms with Crippen molar-refractivity contribution in [1.29, 1.82) is 0 Å². The summed E-state index contributed by atoms with van der Waals surface area (Å²) in [4.78, 5) is 21.3. The summed E-state index contributed by atoms with van der Waals surface area (Å²) in [5, 5.41) is 0.572. The van der Waals surface area contributed by atoms with Gasteiger partial charge in [0.05, 0.1) is 9.04 Å². The molecule has 0 spiro atoms. The van der Waals surface area contributed by atoms with Crippen molar-refractivity contribution < 1.29 is 22.0 Å². The molecular formula is C21H21ClF2N4O3S3. The number of carbonyl (C=O) groups excluding carboxylic acids is 1. The molecule has 34 heavy (non-hydrogen) atoms. The monoisotopic (exact) mass is 546 g/mol. The molecular weight excluding hydrogens is 526 g/mol. The lowest BCUT2D eigenvalue weighted by Gasteiger charge is -2.40. The number of fused-ring (bicyclic) bond motifs is 1. The number of benzene rings is 1. The molecule has 2 fully saturated rings. The molecule has 7 nitrogen and oxygen atoms in total. The van der Waals surface area contributed by atoms with Gasteiger partial charge < -0.3 is 9.80 Å². The molecule has 1 amide bonds. The van der Waals surface area contributed by atoms with Crippen LogP contribution in [0.15, 0.2) is 28.5 Å². The van der Waals surface area contributed by atoms with Crippen molar-refractivity contribution in [2.45, 2.75) is 29.5 Å². The second kappa shape index (κ2) is 9.30. The smallest absolute Gasteiger partial charge is 0.253 e. The van der Waals surface area contributed by atoms with E-state index in [4.69, 9.17) is 11.6 Å². The van der Waals surface area contributed by atoms with Crippen LogP contribution in [0.5, 0.6) is 0 Å². The van der Waals surface area contributed by atoms with Gasteiger partial charge in [-0.25, -0.2) is 22.2 Å². The molecule has 13 heteroatoms. The van der Waals surface area contributed by atoms with Crippen LogP contribution >= 0.6 is 34.3 Å². The number of rotatable bonds is 4. The van der Waals surface area contributed by atoms with Crippen molar-refractivity contribution in [3.63, 3.8) is 0 Å². The van der Waals surface area contributed by atoms with Gasteiger partial charge in [-0.15, -0.1) is 11.3 Å². The summed E-state index contributed by atoms with van der Waals surface area (Å²) in [5.41, 5.74) is 0.136. The molecule has 2 saturated heterocycles. The number of thiophene rings is 1. The number of sulfonamides is 1. The van der Waals surface area contributed by atoms with E-state index in [1.165, 1.54) is 27.8 Å². The average Bonchev–Trinajstić information content (AvgIpc) is 3.46. The van der Waals surface area contributed by atoms with Crippen molar-refractivity contribution in [2.24, 2.45) is 0 Å². The molecule has 0 radical (unpaired) electrons. The van der Waals surface area contributed by atoms with E-state index in [1.807, 2.05) is 4.90 Å². The Bertz CT molecular complexity index is 1340. The topological polar surface area (TPSA) is 73.8 Å². The van der Waals surface area contributed by atoms with Crippen molar-refractivity contribution in [2.75, 3.05) is 37.6 Å². The normalized spacial score (nSPS) is 20.3. The maximum absolute atomic E-state index is 14.0. The molecule has 0 bridgehead atoms. The van der Waals surface area contributed by atoms with Crippen LogP contribution in [0.2, 0.25) is 4.34 Å². The van der Waals surface area contributed by atoms with Gasteiger partial charge in [0.15, 0.2) is 10.9 Å². The van der Waals surface area contributed by atoms with Gasteiger partial charge in [0.2, 0.25) is 5.91 Å². The third kappa shape index (κ3) is 4.41. The molecule has 2 aliphatic rings. The number of aromatic nitrogens is 1. The molecule has 0 saturated carbocycles. The molecule has 1 unspecified atom stereocenters. The van der Waals surface area contributed by atoms with Crippen LogP contribution in [-0.2, 0) is 14.8 Å². The Hall–Kier alpha value is -1.86. The Kier molecular flexibility index (Phi) is 6.53. The molecule has 0 N–H and O–H groups in total. The van der Waals surface area contributed by atoms with Crippen LogP contribution < -0.4 is 4.90 Å². The maximum Gasteiger partial charge on any atom is 0.253 e. The van der Waals surface area contributed by atoms with Gasteiger partial charge in [-0.2, -0.15) is 4.31 Å². The number of amides is 1. The summed E-state index contributed by atoms with van der Waals surface area (Å²) in [5.74, 6) is -1.55. The fourth-order valence-electron chi connectivity index (χ4n) is 4.40. The lowest BCUT2D eigenvalue weighted by atomic mass is 10.0. The highest BCUT2D eigenvalue weighted by atomic mass is 35.5. The molecule has 182 valence electrons. The van der Waals surface area contributed by atoms with Crippen molar-refractivity contribution in [1.82, 2.24) is 14.2 Å². The number of hydrogen-bond donors (Lipinski definition) is 0. The predicted octanol–water partition coefficient (Wildman–Crippen LogP) is 4.18. The van der Waals surface area contributed by atoms with Gasteiger partial charge in [0, 0.05) is 38.8 Å². The van der Waals surface area contributed by atoms with Gasteiger partial charge in [0.1, 0.15) is 21.6 Å². The molecule has 2 aromatic heterocycles. The Morgan fingerprint density at radius 3 is 2.53 bits per heavy atom. The first kappa shape index (κ1) is 23.9. The highest BCUT2D eigenvalue weighted by Gasteiger charge is 2.40. The number of halogens is 3. The van der Waals surface area contributed by atoms with Crippen molar-refractivity contribution in [3.8, 4) is 0 Å². The van der Waals surface area contributed by atoms with Crippen LogP contribution in [-0.4, -0.2) is 67.3 Å². The Labute approximate surface area is 208 Å². The first-order valence-corrected chi connectivity index (χ1v) is 14.3. The van der Waals surface area contributed by atoms with E-state index < -0.39 is 27.7 Å². The Morgan fingerprint density at radius 1 is 1.06 bits per heavy atom. The quantitative estimate of drug-likeness (QED) is 0.491. The summed E-state index contributed by atoms with van der Waals surface area (Å²) in [6, 6.07) is 4.35. The number of piperidine rings is 1. The number of thiazole rings is 1. The number of anilines is 1. The van der Waals surface area contributed by atoms with Gasteiger partial charge in [-0.1, -0.05) is 29.4 Å². The lowest BCUT2D eigenvalue weighted by molar-refractivity contribution is -0.136. The minimum absolute atomic E-state index is 0.136. The van der Waals surface area contributed by atoms with Crippen LogP contribution in [0.25, 0.3) is 10.2 Å². The molecule has 2 aliphatic heterocycles. The summed E-state index contributed by atoms with van der Waals surface area (Å²) in [6.07, 6.45) is 1.95. The molecule has 3 aromatic rings. The zero-order chi connectivity index (χ0) is 24.0. The third-order valence-electron chi connectivity index (χ3n) is 6.11. The van der Waals surface area contributed by atoms with E-state index in [1.54, 1.807) is 11.0 Å². The van der Waals surface area contributed by atoms with Gasteiger partial charge in [-0.3, -0.25) is 4.79 Å². The number of hydrogen-bond acceptors (Lipinski definition) is 7. The van der Waals surface area contributed by atoms with Gasteiger partial charge in [-0.05, 0) is 31.0 Å². The van der Waals surface area contributed by atoms with E-state index in [9.17, 15) is 22.0 Å². The van der Waals surface area contributed by atoms with Gasteiger partial charge >= 0.3 is 0 Å². The van der Waals surface area contributed by atoms with E-state index in [-0.39, 0.29) is 15.6 Å². The summed E-state index contributed by atoms with van der Waals surface area (Å²) in [6.45, 7) is 2.01. The fraction of sp³-hybridized carbons (Fsp3) is 0.429. The van der Waals surface area contributed by atoms with E-state index in [0.717, 1.165) is 23.8 Å². The van der Waals surface area contributed by atoms with Crippen LogP contribution in [0.1, 0.15) is 19.3 Å². The van der Waals surface area contributed by atoms with Crippen LogP contribution in [0, 0.1) is 11.6 Å². The molecule has 5 rings (SSSR count). The minimum atomic E-state index is -3.82. The van der Waals surface area contributed by atoms with Crippen molar-refractivity contribution >= 4 is 65.6 Å². The third-order valence-corrected chi connectivity index (χ3v) is 10.8. The first-order valence-electron chi connectivity index (χ1n) is 10.8. The standard InChI is InChI=1S/C21H21ClF2N4O3S3/c22-17-4-5-18(33-17)34(30,31)28-6-2-1-3-15(28)20(29)26-7-9-27(10-8-26)21-25-19-14(24)11-13(23)12-16(19)32-21/h4-5,11-12,15H,1-3,6-10H2. The van der Waals surface area contributed by atoms with Crippen LogP contribution in [0.4, 0.5) is 13.9 Å².